The zero-order valence-electron chi connectivity index (χ0n) is 9.54. The van der Waals surface area contributed by atoms with Gasteiger partial charge < -0.3 is 9.47 Å². The maximum Gasteiger partial charge on any atom is 0.231 e. The van der Waals surface area contributed by atoms with Crippen LogP contribution in [0.5, 0.6) is 11.5 Å². The van der Waals surface area contributed by atoms with Crippen molar-refractivity contribution < 1.29 is 9.47 Å². The Kier molecular flexibility index (Phi) is 2.82. The molecule has 0 atom stereocenters. The lowest BCUT2D eigenvalue weighted by Crippen LogP contribution is -2.07. The highest BCUT2D eigenvalue weighted by molar-refractivity contribution is 5.49. The Morgan fingerprint density at radius 1 is 1.00 bits per heavy atom. The highest BCUT2D eigenvalue weighted by Crippen LogP contribution is 2.37. The molecule has 2 heterocycles. The van der Waals surface area contributed by atoms with Gasteiger partial charge in [0.15, 0.2) is 11.5 Å². The second-order valence-electron chi connectivity index (χ2n) is 3.65. The molecule has 0 saturated heterocycles. The second-order valence-corrected chi connectivity index (χ2v) is 3.65. The van der Waals surface area contributed by atoms with Crippen molar-refractivity contribution in [3.63, 3.8) is 0 Å². The lowest BCUT2D eigenvalue weighted by Gasteiger charge is -2.02. The lowest BCUT2D eigenvalue weighted by atomic mass is 10.1. The summed E-state index contributed by atoms with van der Waals surface area (Å²) in [5.74, 6) is 1.79. The molecule has 1 aromatic carbocycles. The van der Waals surface area contributed by atoms with E-state index >= 15 is 0 Å². The minimum Gasteiger partial charge on any atom is -0.454 e. The Morgan fingerprint density at radius 3 is 1.93 bits per heavy atom. The summed E-state index contributed by atoms with van der Waals surface area (Å²) in [4.78, 5) is 2.28. The minimum absolute atomic E-state index is 0.369. The normalized spacial score (nSPS) is 17.0. The largest absolute Gasteiger partial charge is 0.454 e. The molecule has 3 rings (SSSR count). The number of ether oxygens (including phenoxy) is 2. The summed E-state index contributed by atoms with van der Waals surface area (Å²) < 4.78 is 10.6. The fraction of sp³-hybridized carbons (Fsp3) is 0.500. The molecular weight excluding hydrogens is 190 g/mol. The molecule has 3 heteroatoms. The molecular formula is C12H17NO2. The van der Waals surface area contributed by atoms with Crippen LogP contribution >= 0.6 is 0 Å². The third-order valence-electron chi connectivity index (χ3n) is 2.58. The summed E-state index contributed by atoms with van der Waals surface area (Å²) in [6, 6.07) is 4.20. The van der Waals surface area contributed by atoms with Gasteiger partial charge in [-0.25, -0.2) is 0 Å². The molecule has 0 aliphatic carbocycles. The average Bonchev–Trinajstić information content (AvgIpc) is 2.81. The molecule has 0 amide bonds. The number of hydrogen-bond acceptors (Lipinski definition) is 3. The average molecular weight is 207 g/mol. The first-order valence-electron chi connectivity index (χ1n) is 5.43. The van der Waals surface area contributed by atoms with E-state index in [1.165, 1.54) is 11.1 Å². The van der Waals surface area contributed by atoms with E-state index in [9.17, 15) is 0 Å². The maximum absolute atomic E-state index is 5.32. The second kappa shape index (κ2) is 4.11. The molecule has 15 heavy (non-hydrogen) atoms. The number of benzene rings is 1. The first-order valence-corrected chi connectivity index (χ1v) is 5.43. The van der Waals surface area contributed by atoms with Crippen molar-refractivity contribution in [1.82, 2.24) is 4.90 Å². The highest BCUT2D eigenvalue weighted by Gasteiger charge is 2.21. The van der Waals surface area contributed by atoms with Crippen molar-refractivity contribution in [3.05, 3.63) is 23.3 Å². The van der Waals surface area contributed by atoms with Crippen LogP contribution in [-0.4, -0.2) is 18.7 Å². The van der Waals surface area contributed by atoms with E-state index in [1.807, 2.05) is 13.8 Å². The van der Waals surface area contributed by atoms with Crippen LogP contribution in [-0.2, 0) is 13.1 Å². The number of hydrogen-bond donors (Lipinski definition) is 0. The van der Waals surface area contributed by atoms with E-state index in [0.29, 0.717) is 6.79 Å². The van der Waals surface area contributed by atoms with E-state index in [-0.39, 0.29) is 0 Å². The molecule has 2 aliphatic heterocycles. The van der Waals surface area contributed by atoms with Crippen molar-refractivity contribution in [3.8, 4) is 11.5 Å². The molecule has 0 spiro atoms. The van der Waals surface area contributed by atoms with Crippen molar-refractivity contribution in [2.45, 2.75) is 26.9 Å². The summed E-state index contributed by atoms with van der Waals surface area (Å²) in [5.41, 5.74) is 2.73. The van der Waals surface area contributed by atoms with Crippen LogP contribution in [0.4, 0.5) is 0 Å². The zero-order chi connectivity index (χ0) is 10.8. The standard InChI is InChI=1S/C10H11NO2.C2H6/c1-11-4-7-2-9-10(13-6-12-9)3-8(7)5-11;1-2/h2-3H,4-6H2,1H3;1-2H3. The van der Waals surface area contributed by atoms with Crippen LogP contribution in [0, 0.1) is 0 Å². The van der Waals surface area contributed by atoms with E-state index in [4.69, 9.17) is 9.47 Å². The van der Waals surface area contributed by atoms with E-state index < -0.39 is 0 Å². The molecule has 0 radical (unpaired) electrons. The Balaban J connectivity index is 0.000000404. The van der Waals surface area contributed by atoms with Crippen LogP contribution in [0.15, 0.2) is 12.1 Å². The third-order valence-corrected chi connectivity index (χ3v) is 2.58. The van der Waals surface area contributed by atoms with Gasteiger partial charge in [-0.2, -0.15) is 0 Å². The first-order chi connectivity index (χ1) is 7.33. The van der Waals surface area contributed by atoms with Crippen LogP contribution in [0.3, 0.4) is 0 Å². The van der Waals surface area contributed by atoms with Gasteiger partial charge >= 0.3 is 0 Å². The number of rotatable bonds is 0. The number of fused-ring (bicyclic) bond motifs is 2. The zero-order valence-corrected chi connectivity index (χ0v) is 9.54. The van der Waals surface area contributed by atoms with Gasteiger partial charge in [0.05, 0.1) is 0 Å². The van der Waals surface area contributed by atoms with Gasteiger partial charge in [-0.1, -0.05) is 13.8 Å². The first kappa shape index (κ1) is 10.3. The monoisotopic (exact) mass is 207 g/mol. The predicted octanol–water partition coefficient (Wildman–Crippen LogP) is 2.39. The molecule has 3 nitrogen and oxygen atoms in total. The van der Waals surface area contributed by atoms with Gasteiger partial charge in [-0.3, -0.25) is 4.90 Å². The molecule has 0 N–H and O–H groups in total. The summed E-state index contributed by atoms with van der Waals surface area (Å²) in [7, 11) is 2.12. The van der Waals surface area contributed by atoms with Gasteiger partial charge in [-0.05, 0) is 30.3 Å². The Hall–Kier alpha value is -1.22. The lowest BCUT2D eigenvalue weighted by molar-refractivity contribution is 0.173. The van der Waals surface area contributed by atoms with E-state index in [1.54, 1.807) is 0 Å². The molecule has 0 fully saturated rings. The molecule has 2 aliphatic rings. The smallest absolute Gasteiger partial charge is 0.231 e. The number of nitrogens with zero attached hydrogens (tertiary/aromatic N) is 1. The highest BCUT2D eigenvalue weighted by atomic mass is 16.7. The molecule has 0 unspecified atom stereocenters. The summed E-state index contributed by atoms with van der Waals surface area (Å²) >= 11 is 0. The SMILES string of the molecule is CC.CN1Cc2cc3c(cc2C1)OCO3. The van der Waals surface area contributed by atoms with Gasteiger partial charge in [0.1, 0.15) is 0 Å². The van der Waals surface area contributed by atoms with Crippen molar-refractivity contribution in [2.24, 2.45) is 0 Å². The third kappa shape index (κ3) is 1.79. The minimum atomic E-state index is 0.369. The summed E-state index contributed by atoms with van der Waals surface area (Å²) in [5, 5.41) is 0. The van der Waals surface area contributed by atoms with Crippen LogP contribution in [0.25, 0.3) is 0 Å². The Bertz CT molecular complexity index is 330. The maximum atomic E-state index is 5.32. The fourth-order valence-electron chi connectivity index (χ4n) is 1.96. The van der Waals surface area contributed by atoms with E-state index in [0.717, 1.165) is 24.6 Å². The van der Waals surface area contributed by atoms with Crippen LogP contribution < -0.4 is 9.47 Å². The van der Waals surface area contributed by atoms with Crippen molar-refractivity contribution >= 4 is 0 Å². The van der Waals surface area contributed by atoms with Gasteiger partial charge in [0, 0.05) is 13.1 Å². The Morgan fingerprint density at radius 2 is 1.47 bits per heavy atom. The molecule has 82 valence electrons. The van der Waals surface area contributed by atoms with Crippen molar-refractivity contribution in [2.75, 3.05) is 13.8 Å². The van der Waals surface area contributed by atoms with Crippen LogP contribution in [0.1, 0.15) is 25.0 Å². The van der Waals surface area contributed by atoms with Gasteiger partial charge in [-0.15, -0.1) is 0 Å². The van der Waals surface area contributed by atoms with E-state index in [2.05, 4.69) is 24.1 Å². The molecule has 0 saturated carbocycles. The molecule has 0 aromatic heterocycles. The topological polar surface area (TPSA) is 21.7 Å². The molecule has 1 aromatic rings. The predicted molar refractivity (Wildman–Crippen MR) is 59.1 cm³/mol. The fourth-order valence-corrected chi connectivity index (χ4v) is 1.96. The molecule has 0 bridgehead atoms. The van der Waals surface area contributed by atoms with Gasteiger partial charge in [0.25, 0.3) is 0 Å². The summed E-state index contributed by atoms with van der Waals surface area (Å²) in [6.07, 6.45) is 0. The van der Waals surface area contributed by atoms with Gasteiger partial charge in [0.2, 0.25) is 6.79 Å². The Labute approximate surface area is 90.6 Å². The summed E-state index contributed by atoms with van der Waals surface area (Å²) in [6.45, 7) is 6.41. The van der Waals surface area contributed by atoms with Crippen molar-refractivity contribution in [1.29, 1.82) is 0 Å². The van der Waals surface area contributed by atoms with Crippen LogP contribution in [0.2, 0.25) is 0 Å². The quantitative estimate of drug-likeness (QED) is 0.652.